The monoisotopic (exact) mass is 566 g/mol. The third-order valence-electron chi connectivity index (χ3n) is 5.93. The first-order chi connectivity index (χ1) is 19.6. The molecule has 0 atom stereocenters. The number of nitrogens with one attached hydrogen (secondary N) is 1. The molecule has 0 saturated heterocycles. The summed E-state index contributed by atoms with van der Waals surface area (Å²) in [6.45, 7) is 2.58. The van der Waals surface area contributed by atoms with Crippen molar-refractivity contribution in [3.05, 3.63) is 112 Å². The molecule has 9 heteroatoms. The van der Waals surface area contributed by atoms with Crippen molar-refractivity contribution in [3.63, 3.8) is 0 Å². The van der Waals surface area contributed by atoms with E-state index in [1.807, 2.05) is 37.3 Å². The van der Waals surface area contributed by atoms with Crippen LogP contribution in [0.15, 0.2) is 84.9 Å². The summed E-state index contributed by atoms with van der Waals surface area (Å²) in [6, 6.07) is 28.6. The molecule has 5 aromatic rings. The Morgan fingerprint density at radius 3 is 2.60 bits per heavy atom. The number of nitriles is 1. The van der Waals surface area contributed by atoms with Gasteiger partial charge >= 0.3 is 0 Å². The Morgan fingerprint density at radius 1 is 1.02 bits per heavy atom. The average Bonchev–Trinajstić information content (AvgIpc) is 3.44. The Labute approximate surface area is 240 Å². The lowest BCUT2D eigenvalue weighted by atomic mass is 10.1. The van der Waals surface area contributed by atoms with Gasteiger partial charge in [-0.05, 0) is 59.2 Å². The number of aromatic nitrogens is 2. The second-order valence-electron chi connectivity index (χ2n) is 8.59. The lowest BCUT2D eigenvalue weighted by molar-refractivity contribution is 0.102. The molecule has 0 radical (unpaired) electrons. The summed E-state index contributed by atoms with van der Waals surface area (Å²) >= 11 is 7.76. The number of anilines is 1. The van der Waals surface area contributed by atoms with Crippen LogP contribution in [0.25, 0.3) is 22.4 Å². The molecule has 1 heterocycles. The molecule has 1 amide bonds. The van der Waals surface area contributed by atoms with Crippen LogP contribution in [0.4, 0.5) is 5.13 Å². The van der Waals surface area contributed by atoms with Crippen molar-refractivity contribution in [3.8, 4) is 17.6 Å². The third-order valence-corrected chi connectivity index (χ3v) is 7.08. The predicted molar refractivity (Wildman–Crippen MR) is 159 cm³/mol. The summed E-state index contributed by atoms with van der Waals surface area (Å²) in [5.41, 5.74) is 2.42. The fraction of sp³-hybridized carbons (Fsp3) is 0.0968. The van der Waals surface area contributed by atoms with Gasteiger partial charge in [-0.3, -0.25) is 10.1 Å². The highest BCUT2D eigenvalue weighted by molar-refractivity contribution is 7.16. The van der Waals surface area contributed by atoms with E-state index >= 15 is 0 Å². The fourth-order valence-electron chi connectivity index (χ4n) is 4.09. The van der Waals surface area contributed by atoms with Crippen LogP contribution in [-0.4, -0.2) is 22.7 Å². The minimum Gasteiger partial charge on any atom is -0.490 e. The number of fused-ring (bicyclic) bond motifs is 1. The first-order valence-electron chi connectivity index (χ1n) is 12.4. The first kappa shape index (κ1) is 26.9. The van der Waals surface area contributed by atoms with Gasteiger partial charge in [0.15, 0.2) is 16.5 Å². The largest absolute Gasteiger partial charge is 0.490 e. The molecule has 4 aromatic carbocycles. The molecular formula is C31H23ClN4O3S. The van der Waals surface area contributed by atoms with Crippen LogP contribution in [0.3, 0.4) is 0 Å². The van der Waals surface area contributed by atoms with Gasteiger partial charge < -0.3 is 9.47 Å². The van der Waals surface area contributed by atoms with E-state index in [2.05, 4.69) is 39.8 Å². The van der Waals surface area contributed by atoms with E-state index in [1.165, 1.54) is 0 Å². The summed E-state index contributed by atoms with van der Waals surface area (Å²) in [6.07, 6.45) is 1.65. The van der Waals surface area contributed by atoms with E-state index in [0.29, 0.717) is 45.9 Å². The van der Waals surface area contributed by atoms with Crippen molar-refractivity contribution in [1.82, 2.24) is 10.2 Å². The van der Waals surface area contributed by atoms with Gasteiger partial charge in [0.2, 0.25) is 5.13 Å². The van der Waals surface area contributed by atoms with E-state index in [9.17, 15) is 10.1 Å². The van der Waals surface area contributed by atoms with Crippen LogP contribution >= 0.6 is 22.9 Å². The van der Waals surface area contributed by atoms with Crippen molar-refractivity contribution in [2.45, 2.75) is 13.5 Å². The number of amides is 1. The van der Waals surface area contributed by atoms with Gasteiger partial charge in [0, 0.05) is 5.56 Å². The van der Waals surface area contributed by atoms with Gasteiger partial charge in [0.1, 0.15) is 12.7 Å². The quantitative estimate of drug-likeness (QED) is 0.184. The number of allylic oxidation sites excluding steroid dienone is 1. The molecular weight excluding hydrogens is 544 g/mol. The Morgan fingerprint density at radius 2 is 1.80 bits per heavy atom. The molecule has 0 aliphatic heterocycles. The lowest BCUT2D eigenvalue weighted by Gasteiger charge is -2.15. The summed E-state index contributed by atoms with van der Waals surface area (Å²) in [5.74, 6) is 0.582. The highest BCUT2D eigenvalue weighted by Gasteiger charge is 2.16. The predicted octanol–water partition coefficient (Wildman–Crippen LogP) is 7.64. The topological polar surface area (TPSA) is 97.1 Å². The second-order valence-corrected chi connectivity index (χ2v) is 9.98. The second kappa shape index (κ2) is 12.4. The van der Waals surface area contributed by atoms with Crippen LogP contribution in [-0.2, 0) is 6.61 Å². The van der Waals surface area contributed by atoms with Gasteiger partial charge in [-0.2, -0.15) is 5.26 Å². The number of carbonyl (C=O) groups is 1. The van der Waals surface area contributed by atoms with E-state index in [0.717, 1.165) is 27.7 Å². The number of hydrogen-bond acceptors (Lipinski definition) is 7. The zero-order valence-electron chi connectivity index (χ0n) is 21.4. The molecule has 5 rings (SSSR count). The summed E-state index contributed by atoms with van der Waals surface area (Å²) in [7, 11) is 0. The molecule has 1 aromatic heterocycles. The summed E-state index contributed by atoms with van der Waals surface area (Å²) in [5, 5.41) is 23.9. The Bertz CT molecular complexity index is 1740. The van der Waals surface area contributed by atoms with E-state index in [1.54, 1.807) is 42.5 Å². The molecule has 0 saturated carbocycles. The van der Waals surface area contributed by atoms with Crippen molar-refractivity contribution in [1.29, 1.82) is 5.26 Å². The molecule has 0 fully saturated rings. The zero-order valence-corrected chi connectivity index (χ0v) is 23.0. The van der Waals surface area contributed by atoms with Gasteiger partial charge in [-0.25, -0.2) is 0 Å². The maximum atomic E-state index is 12.4. The average molecular weight is 567 g/mol. The highest BCUT2D eigenvalue weighted by atomic mass is 35.5. The number of benzene rings is 4. The number of nitrogens with zero attached hydrogens (tertiary/aromatic N) is 3. The van der Waals surface area contributed by atoms with Crippen LogP contribution in [0.1, 0.15) is 33.4 Å². The first-order valence-corrected chi connectivity index (χ1v) is 13.6. The molecule has 0 spiro atoms. The molecule has 198 valence electrons. The number of ether oxygens (including phenoxy) is 2. The third kappa shape index (κ3) is 6.12. The molecule has 0 bridgehead atoms. The van der Waals surface area contributed by atoms with Crippen molar-refractivity contribution in [2.75, 3.05) is 11.9 Å². The normalized spacial score (nSPS) is 11.2. The fourth-order valence-corrected chi connectivity index (χ4v) is 5.07. The Hall–Kier alpha value is -4.71. The molecule has 7 nitrogen and oxygen atoms in total. The van der Waals surface area contributed by atoms with Crippen LogP contribution < -0.4 is 14.8 Å². The van der Waals surface area contributed by atoms with Gasteiger partial charge in [0.25, 0.3) is 5.91 Å². The maximum absolute atomic E-state index is 12.4. The Balaban J connectivity index is 1.37. The Kier molecular flexibility index (Phi) is 8.35. The zero-order chi connectivity index (χ0) is 27.9. The van der Waals surface area contributed by atoms with Crippen LogP contribution in [0, 0.1) is 11.3 Å². The number of rotatable bonds is 9. The lowest BCUT2D eigenvalue weighted by Crippen LogP contribution is -2.11. The van der Waals surface area contributed by atoms with E-state index in [-0.39, 0.29) is 16.6 Å². The summed E-state index contributed by atoms with van der Waals surface area (Å²) in [4.78, 5) is 12.4. The van der Waals surface area contributed by atoms with Gasteiger partial charge in [0.05, 0.1) is 17.2 Å². The summed E-state index contributed by atoms with van der Waals surface area (Å²) < 4.78 is 12.0. The standard InChI is InChI=1S/C31H23ClN4O3S/c1-2-38-27-17-20(16-26(32)28(27)39-19-23-13-8-12-21-9-6-7-14-25(21)23)15-24(18-33)30-35-36-31(40-30)34-29(37)22-10-4-3-5-11-22/h3-17H,2,19H2,1H3,(H,34,36,37)/b24-15+. The van der Waals surface area contributed by atoms with Crippen LogP contribution in [0.2, 0.25) is 5.02 Å². The van der Waals surface area contributed by atoms with Gasteiger partial charge in [-0.1, -0.05) is 83.6 Å². The molecule has 1 N–H and O–H groups in total. The molecule has 0 aliphatic rings. The molecule has 0 unspecified atom stereocenters. The number of halogens is 1. The van der Waals surface area contributed by atoms with E-state index in [4.69, 9.17) is 21.1 Å². The molecule has 0 aliphatic carbocycles. The minimum absolute atomic E-state index is 0.264. The van der Waals surface area contributed by atoms with Crippen molar-refractivity contribution < 1.29 is 14.3 Å². The van der Waals surface area contributed by atoms with Crippen LogP contribution in [0.5, 0.6) is 11.5 Å². The van der Waals surface area contributed by atoms with Crippen molar-refractivity contribution >= 4 is 56.4 Å². The maximum Gasteiger partial charge on any atom is 0.257 e. The van der Waals surface area contributed by atoms with Gasteiger partial charge in [-0.15, -0.1) is 10.2 Å². The highest BCUT2D eigenvalue weighted by Crippen LogP contribution is 2.39. The minimum atomic E-state index is -0.307. The molecule has 40 heavy (non-hydrogen) atoms. The number of hydrogen-bond donors (Lipinski definition) is 1. The van der Waals surface area contributed by atoms with E-state index < -0.39 is 0 Å². The smallest absolute Gasteiger partial charge is 0.257 e. The SMILES string of the molecule is CCOc1cc(/C=C(\C#N)c2nnc(NC(=O)c3ccccc3)s2)cc(Cl)c1OCc1cccc2ccccc12. The number of carbonyl (C=O) groups excluding carboxylic acids is 1. The van der Waals surface area contributed by atoms with Crippen molar-refractivity contribution in [2.24, 2.45) is 0 Å².